The van der Waals surface area contributed by atoms with Gasteiger partial charge in [0.1, 0.15) is 0 Å². The number of hydrogen-bond acceptors (Lipinski definition) is 7. The van der Waals surface area contributed by atoms with E-state index in [0.29, 0.717) is 12.3 Å². The number of thioether (sulfide) groups is 1. The number of ether oxygens (including phenoxy) is 2. The van der Waals surface area contributed by atoms with E-state index < -0.39 is 12.3 Å². The van der Waals surface area contributed by atoms with Crippen molar-refractivity contribution in [3.63, 3.8) is 0 Å². The number of benzene rings is 3. The summed E-state index contributed by atoms with van der Waals surface area (Å²) < 4.78 is 13.0. The SMILES string of the molecule is C[C@@H]1[C@H](CSCCO)O[C@H](c2ccc(-c3ccccc3CNC(=O)CCC(=O)O)cc2)O[C@@H]1c1ccc(CO)cc1. The Balaban J connectivity index is 1.51. The van der Waals surface area contributed by atoms with Crippen molar-refractivity contribution >= 4 is 23.6 Å². The molecule has 3 aromatic rings. The number of carbonyl (C=O) groups is 2. The van der Waals surface area contributed by atoms with E-state index >= 15 is 0 Å². The maximum atomic E-state index is 12.1. The molecule has 0 aromatic heterocycles. The van der Waals surface area contributed by atoms with Gasteiger partial charge in [0.05, 0.1) is 31.8 Å². The number of carboxylic acids is 1. The molecule has 3 aromatic carbocycles. The van der Waals surface area contributed by atoms with Crippen LogP contribution >= 0.6 is 11.8 Å². The second-order valence-electron chi connectivity index (χ2n) is 10.1. The first-order valence-corrected chi connectivity index (χ1v) is 14.9. The van der Waals surface area contributed by atoms with Crippen molar-refractivity contribution in [2.75, 3.05) is 18.1 Å². The van der Waals surface area contributed by atoms with Crippen LogP contribution in [-0.2, 0) is 32.2 Å². The quantitative estimate of drug-likeness (QED) is 0.212. The number of carboxylic acid groups (broad SMARTS) is 1. The minimum absolute atomic E-state index is 0.0138. The fourth-order valence-electron chi connectivity index (χ4n) is 4.85. The molecule has 0 saturated carbocycles. The topological polar surface area (TPSA) is 125 Å². The fourth-order valence-corrected chi connectivity index (χ4v) is 5.76. The summed E-state index contributed by atoms with van der Waals surface area (Å²) in [6.45, 7) is 2.52. The molecule has 8 nitrogen and oxygen atoms in total. The third kappa shape index (κ3) is 8.40. The zero-order valence-corrected chi connectivity index (χ0v) is 23.9. The molecule has 0 spiro atoms. The average Bonchev–Trinajstić information content (AvgIpc) is 3.00. The Kier molecular flexibility index (Phi) is 11.4. The van der Waals surface area contributed by atoms with E-state index in [-0.39, 0.29) is 50.1 Å². The van der Waals surface area contributed by atoms with E-state index in [0.717, 1.165) is 39.1 Å². The molecule has 1 amide bonds. The summed E-state index contributed by atoms with van der Waals surface area (Å²) in [5.41, 5.74) is 5.62. The fraction of sp³-hybridized carbons (Fsp3) is 0.375. The Labute approximate surface area is 244 Å². The number of aliphatic hydroxyl groups is 2. The maximum absolute atomic E-state index is 12.1. The monoisotopic (exact) mass is 579 g/mol. The van der Waals surface area contributed by atoms with Crippen LogP contribution in [0.5, 0.6) is 0 Å². The van der Waals surface area contributed by atoms with E-state index in [2.05, 4.69) is 12.2 Å². The number of rotatable bonds is 13. The molecule has 4 rings (SSSR count). The van der Waals surface area contributed by atoms with Crippen LogP contribution in [0.3, 0.4) is 0 Å². The van der Waals surface area contributed by atoms with Crippen LogP contribution < -0.4 is 5.32 Å². The lowest BCUT2D eigenvalue weighted by Crippen LogP contribution is -2.38. The van der Waals surface area contributed by atoms with Gasteiger partial charge in [-0.05, 0) is 27.8 Å². The van der Waals surface area contributed by atoms with Crippen LogP contribution in [0, 0.1) is 5.92 Å². The molecule has 1 saturated heterocycles. The minimum Gasteiger partial charge on any atom is -0.481 e. The highest BCUT2D eigenvalue weighted by Crippen LogP contribution is 2.42. The number of aliphatic hydroxyl groups excluding tert-OH is 2. The van der Waals surface area contributed by atoms with Crippen LogP contribution in [-0.4, -0.2) is 51.4 Å². The number of nitrogens with one attached hydrogen (secondary N) is 1. The van der Waals surface area contributed by atoms with Gasteiger partial charge in [0, 0.05) is 36.0 Å². The Morgan fingerprint density at radius 2 is 1.61 bits per heavy atom. The number of carbonyl (C=O) groups excluding carboxylic acids is 1. The lowest BCUT2D eigenvalue weighted by atomic mass is 9.91. The second-order valence-corrected chi connectivity index (χ2v) is 11.2. The van der Waals surface area contributed by atoms with Crippen molar-refractivity contribution in [3.05, 3.63) is 95.1 Å². The normalized spacial score (nSPS) is 20.5. The zero-order chi connectivity index (χ0) is 29.2. The van der Waals surface area contributed by atoms with Gasteiger partial charge >= 0.3 is 5.97 Å². The lowest BCUT2D eigenvalue weighted by Gasteiger charge is -2.41. The summed E-state index contributed by atoms with van der Waals surface area (Å²) in [7, 11) is 0. The molecular weight excluding hydrogens is 542 g/mol. The van der Waals surface area contributed by atoms with Crippen LogP contribution in [0.4, 0.5) is 0 Å². The van der Waals surface area contributed by atoms with Gasteiger partial charge in [-0.15, -0.1) is 0 Å². The molecule has 4 N–H and O–H groups in total. The van der Waals surface area contributed by atoms with Crippen molar-refractivity contribution in [2.24, 2.45) is 5.92 Å². The van der Waals surface area contributed by atoms with Crippen LogP contribution in [0.15, 0.2) is 72.8 Å². The minimum atomic E-state index is -0.998. The first kappa shape index (κ1) is 30.7. The predicted molar refractivity (Wildman–Crippen MR) is 158 cm³/mol. The summed E-state index contributed by atoms with van der Waals surface area (Å²) in [5, 5.41) is 30.3. The molecule has 1 aliphatic rings. The van der Waals surface area contributed by atoms with Gasteiger partial charge in [0.15, 0.2) is 6.29 Å². The predicted octanol–water partition coefficient (Wildman–Crippen LogP) is 4.84. The van der Waals surface area contributed by atoms with Gasteiger partial charge in [0.25, 0.3) is 0 Å². The van der Waals surface area contributed by atoms with Crippen molar-refractivity contribution in [1.82, 2.24) is 5.32 Å². The standard InChI is InChI=1S/C32H37NO7S/c1-21-28(20-41-17-16-34)39-32(40-31(21)24-8-6-22(19-35)7-9-24)25-12-10-23(11-13-25)27-5-3-2-4-26(27)18-33-29(36)14-15-30(37)38/h2-13,21,28,31-32,34-35H,14-20H2,1H3,(H,33,36)(H,37,38)/t21-,28+,31+,32+/m1/s1. The Bertz CT molecular complexity index is 1280. The van der Waals surface area contributed by atoms with Gasteiger partial charge in [0.2, 0.25) is 5.91 Å². The largest absolute Gasteiger partial charge is 0.481 e. The molecule has 4 atom stereocenters. The van der Waals surface area contributed by atoms with Gasteiger partial charge in [-0.25, -0.2) is 0 Å². The van der Waals surface area contributed by atoms with E-state index in [1.165, 1.54) is 0 Å². The number of aliphatic carboxylic acids is 1. The first-order chi connectivity index (χ1) is 19.9. The van der Waals surface area contributed by atoms with Gasteiger partial charge in [-0.1, -0.05) is 79.7 Å². The van der Waals surface area contributed by atoms with Crippen molar-refractivity contribution in [2.45, 2.75) is 51.4 Å². The highest BCUT2D eigenvalue weighted by Gasteiger charge is 2.38. The summed E-state index contributed by atoms with van der Waals surface area (Å²) in [6.07, 6.45) is -1.12. The lowest BCUT2D eigenvalue weighted by molar-refractivity contribution is -0.268. The number of amides is 1. The molecule has 218 valence electrons. The van der Waals surface area contributed by atoms with E-state index in [9.17, 15) is 19.8 Å². The molecule has 0 bridgehead atoms. The maximum Gasteiger partial charge on any atom is 0.303 e. The number of hydrogen-bond donors (Lipinski definition) is 4. The van der Waals surface area contributed by atoms with E-state index in [1.807, 2.05) is 72.8 Å². The van der Waals surface area contributed by atoms with Crippen LogP contribution in [0.2, 0.25) is 0 Å². The molecular formula is C32H37NO7S. The van der Waals surface area contributed by atoms with Crippen molar-refractivity contribution < 1.29 is 34.4 Å². The second kappa shape index (κ2) is 15.1. The van der Waals surface area contributed by atoms with Gasteiger partial charge < -0.3 is 30.1 Å². The zero-order valence-electron chi connectivity index (χ0n) is 23.1. The summed E-state index contributed by atoms with van der Waals surface area (Å²) in [5.74, 6) is 0.153. The molecule has 1 heterocycles. The smallest absolute Gasteiger partial charge is 0.303 e. The Morgan fingerprint density at radius 3 is 2.29 bits per heavy atom. The van der Waals surface area contributed by atoms with E-state index in [4.69, 9.17) is 14.6 Å². The van der Waals surface area contributed by atoms with Gasteiger partial charge in [-0.2, -0.15) is 11.8 Å². The first-order valence-electron chi connectivity index (χ1n) is 13.8. The molecule has 1 aliphatic heterocycles. The van der Waals surface area contributed by atoms with Crippen LogP contribution in [0.25, 0.3) is 11.1 Å². The molecule has 0 unspecified atom stereocenters. The summed E-state index contributed by atoms with van der Waals surface area (Å²) >= 11 is 1.65. The van der Waals surface area contributed by atoms with Crippen molar-refractivity contribution in [1.29, 1.82) is 0 Å². The Morgan fingerprint density at radius 1 is 0.902 bits per heavy atom. The summed E-state index contributed by atoms with van der Waals surface area (Å²) in [4.78, 5) is 22.8. The Hall–Kier alpha value is -3.21. The molecule has 1 fully saturated rings. The summed E-state index contributed by atoms with van der Waals surface area (Å²) in [6, 6.07) is 23.6. The van der Waals surface area contributed by atoms with Crippen molar-refractivity contribution in [3.8, 4) is 11.1 Å². The third-order valence-corrected chi connectivity index (χ3v) is 8.23. The highest BCUT2D eigenvalue weighted by atomic mass is 32.2. The van der Waals surface area contributed by atoms with E-state index in [1.54, 1.807) is 11.8 Å². The van der Waals surface area contributed by atoms with Crippen LogP contribution in [0.1, 0.15) is 54.4 Å². The molecule has 9 heteroatoms. The average molecular weight is 580 g/mol. The third-order valence-electron chi connectivity index (χ3n) is 7.19. The molecule has 0 aliphatic carbocycles. The molecule has 41 heavy (non-hydrogen) atoms. The van der Waals surface area contributed by atoms with Gasteiger partial charge in [-0.3, -0.25) is 9.59 Å². The molecule has 0 radical (unpaired) electrons. The highest BCUT2D eigenvalue weighted by molar-refractivity contribution is 7.99.